The van der Waals surface area contributed by atoms with Crippen molar-refractivity contribution >= 4 is 56.6 Å². The summed E-state index contributed by atoms with van der Waals surface area (Å²) in [6.07, 6.45) is 0. The predicted molar refractivity (Wildman–Crippen MR) is 130 cm³/mol. The molecule has 2 aliphatic rings. The van der Waals surface area contributed by atoms with Gasteiger partial charge in [0.05, 0.1) is 22.1 Å². The molecule has 0 aromatic heterocycles. The van der Waals surface area contributed by atoms with E-state index in [-0.39, 0.29) is 0 Å². The number of hydrogen-bond donors (Lipinski definition) is 0. The maximum atomic E-state index is 5.04. The fourth-order valence-electron chi connectivity index (χ4n) is 4.08. The number of rotatable bonds is 1. The average molecular weight is 582 g/mol. The Kier molecular flexibility index (Phi) is 3.74. The largest absolute Gasteiger partial charge is 0.245 e. The van der Waals surface area contributed by atoms with Gasteiger partial charge in [-0.25, -0.2) is 9.98 Å². The fourth-order valence-corrected chi connectivity index (χ4v) is 5.03. The predicted octanol–water partition coefficient (Wildman–Crippen LogP) is 6.43. The molecule has 0 aliphatic carbocycles. The molecule has 6 rings (SSSR count). The van der Waals surface area contributed by atoms with E-state index < -0.39 is 0 Å². The molecule has 4 aromatic rings. The van der Waals surface area contributed by atoms with E-state index in [1.165, 1.54) is 40.5 Å². The van der Waals surface area contributed by atoms with Gasteiger partial charge in [-0.15, -0.1) is 0 Å². The highest BCUT2D eigenvalue weighted by Crippen LogP contribution is 2.42. The van der Waals surface area contributed by atoms with Crippen LogP contribution in [0.1, 0.15) is 0 Å². The molecule has 0 bridgehead atoms. The average Bonchev–Trinajstić information content (AvgIpc) is 3.25. The highest BCUT2D eigenvalue weighted by atomic mass is 127. The molecular weight excluding hydrogens is 570 g/mol. The maximum absolute atomic E-state index is 5.04. The first-order valence-electron chi connectivity index (χ1n) is 8.99. The third-order valence-electron chi connectivity index (χ3n) is 5.30. The van der Waals surface area contributed by atoms with Crippen LogP contribution in [0.2, 0.25) is 0 Å². The van der Waals surface area contributed by atoms with Crippen molar-refractivity contribution in [1.82, 2.24) is 0 Å². The number of benzene rings is 4. The summed E-state index contributed by atoms with van der Waals surface area (Å²) in [6, 6.07) is 25.9. The van der Waals surface area contributed by atoms with E-state index in [1.54, 1.807) is 0 Å². The molecule has 0 N–H and O–H groups in total. The number of hydrogen-bond acceptors (Lipinski definition) is 2. The molecule has 0 fully saturated rings. The lowest BCUT2D eigenvalue weighted by Gasteiger charge is -2.10. The Hall–Kier alpha value is -2.06. The standard InChI is InChI=1S/C24H12I2N2/c25-14-6-8-16-19-12-18(13-4-2-1-3-5-13)22-17-9-7-15(26)11-21(17)28-24(22)23(19)27-20(16)10-14/h1-12H. The van der Waals surface area contributed by atoms with E-state index in [4.69, 9.17) is 9.98 Å². The van der Waals surface area contributed by atoms with Crippen molar-refractivity contribution in [1.29, 1.82) is 0 Å². The number of fused-ring (bicyclic) bond motifs is 7. The molecule has 4 heteroatoms. The molecule has 2 heterocycles. The summed E-state index contributed by atoms with van der Waals surface area (Å²) >= 11 is 4.69. The minimum absolute atomic E-state index is 0.998. The molecule has 4 aromatic carbocycles. The quantitative estimate of drug-likeness (QED) is 0.200. The van der Waals surface area contributed by atoms with Crippen molar-refractivity contribution in [3.8, 4) is 33.4 Å². The van der Waals surface area contributed by atoms with E-state index in [0.717, 1.165) is 22.1 Å². The minimum atomic E-state index is 0.998. The zero-order valence-electron chi connectivity index (χ0n) is 14.6. The summed E-state index contributed by atoms with van der Waals surface area (Å²) < 4.78 is 2.39. The second-order valence-corrected chi connectivity index (χ2v) is 9.45. The highest BCUT2D eigenvalue weighted by Gasteiger charge is 2.25. The summed E-state index contributed by atoms with van der Waals surface area (Å²) in [6.45, 7) is 0. The minimum Gasteiger partial charge on any atom is -0.245 e. The van der Waals surface area contributed by atoms with Gasteiger partial charge in [0.15, 0.2) is 0 Å². The fraction of sp³-hybridized carbons (Fsp3) is 0. The Labute approximate surface area is 189 Å². The van der Waals surface area contributed by atoms with Crippen molar-refractivity contribution < 1.29 is 0 Å². The first-order valence-corrected chi connectivity index (χ1v) is 11.1. The lowest BCUT2D eigenvalue weighted by Crippen LogP contribution is -2.26. The third kappa shape index (κ3) is 2.43. The first kappa shape index (κ1) is 16.9. The van der Waals surface area contributed by atoms with Crippen LogP contribution in [0.3, 0.4) is 0 Å². The summed E-state index contributed by atoms with van der Waals surface area (Å²) in [5.74, 6) is 0. The summed E-state index contributed by atoms with van der Waals surface area (Å²) in [5.41, 5.74) is 9.26. The molecule has 0 spiro atoms. The van der Waals surface area contributed by atoms with Crippen LogP contribution in [-0.2, 0) is 0 Å². The number of nitrogens with zero attached hydrogens (tertiary/aromatic N) is 2. The molecule has 0 saturated carbocycles. The van der Waals surface area contributed by atoms with E-state index >= 15 is 0 Å². The summed E-state index contributed by atoms with van der Waals surface area (Å²) in [5, 5.41) is 2.00. The zero-order chi connectivity index (χ0) is 18.8. The molecule has 0 unspecified atom stereocenters. The molecule has 2 nitrogen and oxygen atoms in total. The Balaban J connectivity index is 1.77. The molecular formula is C24H12I2N2. The van der Waals surface area contributed by atoms with Crippen LogP contribution in [0.15, 0.2) is 82.8 Å². The molecule has 2 aliphatic heterocycles. The smallest absolute Gasteiger partial charge is 0.0985 e. The maximum Gasteiger partial charge on any atom is 0.0985 e. The lowest BCUT2D eigenvalue weighted by atomic mass is 9.91. The topological polar surface area (TPSA) is 24.7 Å². The third-order valence-corrected chi connectivity index (χ3v) is 6.64. The van der Waals surface area contributed by atoms with Crippen LogP contribution in [0.25, 0.3) is 33.4 Å². The second-order valence-electron chi connectivity index (χ2n) is 6.96. The van der Waals surface area contributed by atoms with E-state index in [2.05, 4.69) is 118 Å². The van der Waals surface area contributed by atoms with Gasteiger partial charge in [0.2, 0.25) is 0 Å². The van der Waals surface area contributed by atoms with E-state index in [9.17, 15) is 0 Å². The van der Waals surface area contributed by atoms with Crippen LogP contribution in [0, 0.1) is 7.14 Å². The Morgan fingerprint density at radius 1 is 0.536 bits per heavy atom. The van der Waals surface area contributed by atoms with Gasteiger partial charge in [0.25, 0.3) is 0 Å². The van der Waals surface area contributed by atoms with Gasteiger partial charge in [0.1, 0.15) is 0 Å². The first-order chi connectivity index (χ1) is 13.7. The summed E-state index contributed by atoms with van der Waals surface area (Å²) in [4.78, 5) is 10.0. The Bertz CT molecular complexity index is 1420. The van der Waals surface area contributed by atoms with E-state index in [1.807, 2.05) is 0 Å². The molecule has 0 saturated heterocycles. The normalized spacial score (nSPS) is 12.5. The van der Waals surface area contributed by atoms with Gasteiger partial charge in [-0.1, -0.05) is 42.5 Å². The molecule has 132 valence electrons. The zero-order valence-corrected chi connectivity index (χ0v) is 18.9. The molecule has 0 radical (unpaired) electrons. The monoisotopic (exact) mass is 582 g/mol. The van der Waals surface area contributed by atoms with Crippen LogP contribution in [0.5, 0.6) is 0 Å². The van der Waals surface area contributed by atoms with Gasteiger partial charge < -0.3 is 0 Å². The van der Waals surface area contributed by atoms with Crippen molar-refractivity contribution in [2.75, 3.05) is 0 Å². The van der Waals surface area contributed by atoms with Gasteiger partial charge in [-0.05, 0) is 86.6 Å². The van der Waals surface area contributed by atoms with Crippen molar-refractivity contribution in [3.63, 3.8) is 0 Å². The van der Waals surface area contributed by atoms with Crippen molar-refractivity contribution in [3.05, 3.63) is 90.7 Å². The van der Waals surface area contributed by atoms with Gasteiger partial charge in [-0.3, -0.25) is 0 Å². The van der Waals surface area contributed by atoms with Gasteiger partial charge in [-0.2, -0.15) is 0 Å². The summed E-state index contributed by atoms with van der Waals surface area (Å²) in [7, 11) is 0. The molecule has 0 atom stereocenters. The van der Waals surface area contributed by atoms with Crippen LogP contribution >= 0.6 is 45.2 Å². The molecule has 28 heavy (non-hydrogen) atoms. The molecule has 0 amide bonds. The Morgan fingerprint density at radius 2 is 1.18 bits per heavy atom. The van der Waals surface area contributed by atoms with Crippen molar-refractivity contribution in [2.24, 2.45) is 9.98 Å². The van der Waals surface area contributed by atoms with Crippen LogP contribution < -0.4 is 10.7 Å². The Morgan fingerprint density at radius 3 is 1.93 bits per heavy atom. The lowest BCUT2D eigenvalue weighted by molar-refractivity contribution is 1.29. The SMILES string of the molecule is Ic1ccc2c(c1)N=c1c-2cc(-c2ccccc2)c2c1=Nc1cc(I)ccc1-2. The van der Waals surface area contributed by atoms with Crippen molar-refractivity contribution in [2.45, 2.75) is 0 Å². The van der Waals surface area contributed by atoms with Crippen LogP contribution in [-0.4, -0.2) is 0 Å². The van der Waals surface area contributed by atoms with E-state index in [0.29, 0.717) is 0 Å². The van der Waals surface area contributed by atoms with Gasteiger partial charge >= 0.3 is 0 Å². The number of halogens is 2. The van der Waals surface area contributed by atoms with Gasteiger partial charge in [0, 0.05) is 29.4 Å². The highest BCUT2D eigenvalue weighted by molar-refractivity contribution is 14.1. The second kappa shape index (κ2) is 6.22. The van der Waals surface area contributed by atoms with Crippen LogP contribution in [0.4, 0.5) is 11.4 Å².